The van der Waals surface area contributed by atoms with Crippen molar-refractivity contribution in [3.63, 3.8) is 0 Å². The predicted octanol–water partition coefficient (Wildman–Crippen LogP) is 4.20. The van der Waals surface area contributed by atoms with Crippen molar-refractivity contribution in [2.75, 3.05) is 0 Å². The Morgan fingerprint density at radius 3 is 2.42 bits per heavy atom. The number of carboxylic acid groups (broad SMARTS) is 1. The van der Waals surface area contributed by atoms with Crippen LogP contribution in [0.25, 0.3) is 0 Å². The summed E-state index contributed by atoms with van der Waals surface area (Å²) in [6, 6.07) is 3.65. The van der Waals surface area contributed by atoms with Gasteiger partial charge in [0.25, 0.3) is 0 Å². The number of rotatable bonds is 3. The van der Waals surface area contributed by atoms with E-state index in [2.05, 4.69) is 31.9 Å². The number of carbonyl (C=O) groups is 2. The molecule has 2 unspecified atom stereocenters. The molecular formula is C14H14Br2O3. The zero-order valence-electron chi connectivity index (χ0n) is 10.5. The quantitative estimate of drug-likeness (QED) is 0.788. The van der Waals surface area contributed by atoms with Crippen LogP contribution in [0.2, 0.25) is 0 Å². The topological polar surface area (TPSA) is 54.4 Å². The van der Waals surface area contributed by atoms with Gasteiger partial charge in [0.1, 0.15) is 0 Å². The van der Waals surface area contributed by atoms with Gasteiger partial charge in [0.15, 0.2) is 5.78 Å². The lowest BCUT2D eigenvalue weighted by atomic mass is 9.88. The van der Waals surface area contributed by atoms with E-state index in [1.165, 1.54) is 0 Å². The molecule has 19 heavy (non-hydrogen) atoms. The minimum absolute atomic E-state index is 0.0718. The molecule has 5 heteroatoms. The van der Waals surface area contributed by atoms with E-state index in [1.807, 2.05) is 13.0 Å². The molecule has 0 bridgehead atoms. The molecule has 2 rings (SSSR count). The first kappa shape index (κ1) is 14.7. The summed E-state index contributed by atoms with van der Waals surface area (Å²) in [7, 11) is 0. The van der Waals surface area contributed by atoms with E-state index >= 15 is 0 Å². The largest absolute Gasteiger partial charge is 0.481 e. The number of aryl methyl sites for hydroxylation is 1. The molecule has 1 N–H and O–H groups in total. The van der Waals surface area contributed by atoms with Crippen LogP contribution in [0.3, 0.4) is 0 Å². The van der Waals surface area contributed by atoms with Crippen molar-refractivity contribution in [3.05, 3.63) is 32.2 Å². The number of carbonyl (C=O) groups excluding carboxylic acids is 1. The molecule has 1 fully saturated rings. The summed E-state index contributed by atoms with van der Waals surface area (Å²) in [6.07, 6.45) is 2.06. The Bertz CT molecular complexity index is 540. The average Bonchev–Trinajstić information content (AvgIpc) is 2.82. The van der Waals surface area contributed by atoms with Gasteiger partial charge in [0.05, 0.1) is 5.92 Å². The van der Waals surface area contributed by atoms with E-state index in [4.69, 9.17) is 0 Å². The molecule has 1 aromatic rings. The summed E-state index contributed by atoms with van der Waals surface area (Å²) in [5, 5.41) is 9.17. The number of carboxylic acids is 1. The van der Waals surface area contributed by atoms with Gasteiger partial charge in [-0.3, -0.25) is 9.59 Å². The molecule has 0 heterocycles. The van der Waals surface area contributed by atoms with E-state index in [0.29, 0.717) is 18.4 Å². The van der Waals surface area contributed by atoms with Crippen LogP contribution in [-0.4, -0.2) is 16.9 Å². The molecule has 3 nitrogen and oxygen atoms in total. The maximum absolute atomic E-state index is 12.5. The molecule has 0 aromatic heterocycles. The maximum atomic E-state index is 12.5. The fourth-order valence-electron chi connectivity index (χ4n) is 2.60. The number of hydrogen-bond donors (Lipinski definition) is 1. The number of aliphatic carboxylic acids is 1. The molecule has 102 valence electrons. The van der Waals surface area contributed by atoms with E-state index < -0.39 is 17.8 Å². The molecule has 0 saturated heterocycles. The monoisotopic (exact) mass is 388 g/mol. The van der Waals surface area contributed by atoms with E-state index in [0.717, 1.165) is 20.9 Å². The predicted molar refractivity (Wildman–Crippen MR) is 79.4 cm³/mol. The molecule has 1 aliphatic rings. The van der Waals surface area contributed by atoms with Crippen LogP contribution in [0.15, 0.2) is 21.1 Å². The number of ketones is 1. The van der Waals surface area contributed by atoms with Crippen molar-refractivity contribution < 1.29 is 14.7 Å². The van der Waals surface area contributed by atoms with Gasteiger partial charge in [-0.05, 0) is 37.5 Å². The van der Waals surface area contributed by atoms with Crippen molar-refractivity contribution in [1.29, 1.82) is 0 Å². The van der Waals surface area contributed by atoms with Crippen molar-refractivity contribution in [3.8, 4) is 0 Å². The Kier molecular flexibility index (Phi) is 4.46. The van der Waals surface area contributed by atoms with E-state index in [1.54, 1.807) is 6.07 Å². The average molecular weight is 390 g/mol. The fraction of sp³-hybridized carbons (Fsp3) is 0.429. The second-order valence-corrected chi connectivity index (χ2v) is 6.64. The van der Waals surface area contributed by atoms with Crippen molar-refractivity contribution >= 4 is 43.6 Å². The van der Waals surface area contributed by atoms with Gasteiger partial charge in [-0.15, -0.1) is 0 Å². The molecule has 0 amide bonds. The first-order valence-corrected chi connectivity index (χ1v) is 7.73. The highest BCUT2D eigenvalue weighted by molar-refractivity contribution is 9.11. The second kappa shape index (κ2) is 5.75. The summed E-state index contributed by atoms with van der Waals surface area (Å²) in [6.45, 7) is 1.94. The highest BCUT2D eigenvalue weighted by atomic mass is 79.9. The Hall–Kier alpha value is -0.680. The molecule has 1 aromatic carbocycles. The van der Waals surface area contributed by atoms with Crippen LogP contribution in [0.5, 0.6) is 0 Å². The molecule has 0 aliphatic heterocycles. The highest BCUT2D eigenvalue weighted by Gasteiger charge is 2.38. The summed E-state index contributed by atoms with van der Waals surface area (Å²) >= 11 is 6.81. The van der Waals surface area contributed by atoms with Gasteiger partial charge in [-0.25, -0.2) is 0 Å². The van der Waals surface area contributed by atoms with Gasteiger partial charge in [-0.1, -0.05) is 38.3 Å². The summed E-state index contributed by atoms with van der Waals surface area (Å²) < 4.78 is 1.60. The van der Waals surface area contributed by atoms with Gasteiger partial charge in [-0.2, -0.15) is 0 Å². The first-order valence-electron chi connectivity index (χ1n) is 6.14. The van der Waals surface area contributed by atoms with Gasteiger partial charge >= 0.3 is 5.97 Å². The lowest BCUT2D eigenvalue weighted by Gasteiger charge is -2.16. The van der Waals surface area contributed by atoms with E-state index in [9.17, 15) is 14.7 Å². The van der Waals surface area contributed by atoms with Crippen molar-refractivity contribution in [1.82, 2.24) is 0 Å². The zero-order valence-corrected chi connectivity index (χ0v) is 13.6. The minimum Gasteiger partial charge on any atom is -0.481 e. The minimum atomic E-state index is -0.863. The molecule has 0 radical (unpaired) electrons. The van der Waals surface area contributed by atoms with Crippen LogP contribution in [0.1, 0.15) is 35.2 Å². The van der Waals surface area contributed by atoms with E-state index in [-0.39, 0.29) is 5.78 Å². The number of Topliss-reactive ketones (excluding diaryl/α,β-unsaturated/α-hetero) is 1. The molecule has 1 aliphatic carbocycles. The number of hydrogen-bond acceptors (Lipinski definition) is 2. The number of halogens is 2. The fourth-order valence-corrected chi connectivity index (χ4v) is 3.60. The molecule has 0 spiro atoms. The van der Waals surface area contributed by atoms with Crippen molar-refractivity contribution in [2.45, 2.75) is 26.2 Å². The molecule has 1 saturated carbocycles. The third-order valence-electron chi connectivity index (χ3n) is 3.68. The van der Waals surface area contributed by atoms with Crippen LogP contribution in [-0.2, 0) is 4.79 Å². The van der Waals surface area contributed by atoms with Crippen LogP contribution in [0, 0.1) is 18.8 Å². The Morgan fingerprint density at radius 1 is 1.16 bits per heavy atom. The van der Waals surface area contributed by atoms with Crippen molar-refractivity contribution in [2.24, 2.45) is 11.8 Å². The standard InChI is InChI=1S/C14H14Br2O3/c1-7-5-12(16)10(6-11(7)15)13(17)8-3-2-4-9(8)14(18)19/h5-6,8-9H,2-4H2,1H3,(H,18,19). The Balaban J connectivity index is 2.34. The molecule has 2 atom stereocenters. The third-order valence-corrected chi connectivity index (χ3v) is 5.19. The highest BCUT2D eigenvalue weighted by Crippen LogP contribution is 2.37. The normalized spacial score (nSPS) is 22.5. The third kappa shape index (κ3) is 2.92. The summed E-state index contributed by atoms with van der Waals surface area (Å²) in [5.41, 5.74) is 1.60. The Labute approximate surface area is 128 Å². The lowest BCUT2D eigenvalue weighted by molar-refractivity contribution is -0.142. The van der Waals surface area contributed by atoms with Crippen LogP contribution >= 0.6 is 31.9 Å². The van der Waals surface area contributed by atoms with Gasteiger partial charge < -0.3 is 5.11 Å². The maximum Gasteiger partial charge on any atom is 0.307 e. The smallest absolute Gasteiger partial charge is 0.307 e. The zero-order chi connectivity index (χ0) is 14.2. The van der Waals surface area contributed by atoms with Crippen LogP contribution < -0.4 is 0 Å². The summed E-state index contributed by atoms with van der Waals surface area (Å²) in [5.74, 6) is -1.88. The second-order valence-electron chi connectivity index (χ2n) is 4.93. The Morgan fingerprint density at radius 2 is 1.79 bits per heavy atom. The van der Waals surface area contributed by atoms with Gasteiger partial charge in [0.2, 0.25) is 0 Å². The number of benzene rings is 1. The van der Waals surface area contributed by atoms with Gasteiger partial charge in [0, 0.05) is 20.4 Å². The SMILES string of the molecule is Cc1cc(Br)c(C(=O)C2CCCC2C(=O)O)cc1Br. The summed E-state index contributed by atoms with van der Waals surface area (Å²) in [4.78, 5) is 23.7. The first-order chi connectivity index (χ1) is 8.91. The van der Waals surface area contributed by atoms with Crippen LogP contribution in [0.4, 0.5) is 0 Å². The molecular weight excluding hydrogens is 376 g/mol. The lowest BCUT2D eigenvalue weighted by Crippen LogP contribution is -2.25.